The molecule has 9 heteroatoms. The average molecular weight is 550 g/mol. The fourth-order valence-electron chi connectivity index (χ4n) is 4.80. The second-order valence-electron chi connectivity index (χ2n) is 9.43. The van der Waals surface area contributed by atoms with Gasteiger partial charge in [-0.25, -0.2) is 0 Å². The lowest BCUT2D eigenvalue weighted by Gasteiger charge is -2.36. The third kappa shape index (κ3) is 5.69. The standard InChI is InChI=1S/C31H27N5O3S/c37-28(21-40-31-34-33-29(39-31)27-12-6-10-22-7-4-5-11-26(22)27)32-24-13-15-25(16-14-24)35-17-19-36(20-18-35)30(38)23-8-2-1-3-9-23/h1-16H,17-21H2,(H,32,37). The molecular weight excluding hydrogens is 522 g/mol. The van der Waals surface area contributed by atoms with Crippen molar-refractivity contribution in [1.29, 1.82) is 0 Å². The summed E-state index contributed by atoms with van der Waals surface area (Å²) in [7, 11) is 0. The van der Waals surface area contributed by atoms with Gasteiger partial charge in [0.15, 0.2) is 0 Å². The Morgan fingerprint density at radius 1 is 0.800 bits per heavy atom. The summed E-state index contributed by atoms with van der Waals surface area (Å²) in [5, 5.41) is 13.7. The number of nitrogens with zero attached hydrogens (tertiary/aromatic N) is 4. The second-order valence-corrected chi connectivity index (χ2v) is 10.4. The van der Waals surface area contributed by atoms with Gasteiger partial charge in [0, 0.05) is 48.7 Å². The van der Waals surface area contributed by atoms with E-state index in [1.807, 2.05) is 102 Å². The summed E-state index contributed by atoms with van der Waals surface area (Å²) in [6, 6.07) is 31.1. The molecule has 1 saturated heterocycles. The topological polar surface area (TPSA) is 91.6 Å². The van der Waals surface area contributed by atoms with Crippen molar-refractivity contribution in [3.63, 3.8) is 0 Å². The number of hydrogen-bond acceptors (Lipinski definition) is 7. The molecule has 0 unspecified atom stereocenters. The molecule has 6 rings (SSSR count). The number of carbonyl (C=O) groups is 2. The monoisotopic (exact) mass is 549 g/mol. The third-order valence-electron chi connectivity index (χ3n) is 6.86. The van der Waals surface area contributed by atoms with Crippen LogP contribution in [0.3, 0.4) is 0 Å². The van der Waals surface area contributed by atoms with Crippen LogP contribution in [0.25, 0.3) is 22.2 Å². The highest BCUT2D eigenvalue weighted by Crippen LogP contribution is 2.29. The molecule has 0 aliphatic carbocycles. The lowest BCUT2D eigenvalue weighted by molar-refractivity contribution is -0.113. The van der Waals surface area contributed by atoms with E-state index in [9.17, 15) is 9.59 Å². The number of fused-ring (bicyclic) bond motifs is 1. The van der Waals surface area contributed by atoms with Crippen LogP contribution in [-0.4, -0.2) is 58.8 Å². The van der Waals surface area contributed by atoms with Crippen molar-refractivity contribution >= 4 is 45.7 Å². The van der Waals surface area contributed by atoms with Crippen LogP contribution in [0.5, 0.6) is 0 Å². The maximum atomic E-state index is 12.7. The van der Waals surface area contributed by atoms with Gasteiger partial charge in [0.2, 0.25) is 11.8 Å². The summed E-state index contributed by atoms with van der Waals surface area (Å²) in [4.78, 5) is 29.4. The molecule has 2 amide bonds. The number of piperazine rings is 1. The number of amides is 2. The molecule has 8 nitrogen and oxygen atoms in total. The van der Waals surface area contributed by atoms with E-state index < -0.39 is 0 Å². The Morgan fingerprint density at radius 2 is 1.52 bits per heavy atom. The fraction of sp³-hybridized carbons (Fsp3) is 0.161. The van der Waals surface area contributed by atoms with Gasteiger partial charge in [-0.05, 0) is 53.2 Å². The van der Waals surface area contributed by atoms with E-state index in [2.05, 4.69) is 20.4 Å². The van der Waals surface area contributed by atoms with E-state index in [-0.39, 0.29) is 17.6 Å². The number of anilines is 2. The van der Waals surface area contributed by atoms with Crippen molar-refractivity contribution < 1.29 is 14.0 Å². The van der Waals surface area contributed by atoms with E-state index in [1.54, 1.807) is 0 Å². The van der Waals surface area contributed by atoms with Crippen LogP contribution in [0.1, 0.15) is 10.4 Å². The van der Waals surface area contributed by atoms with Gasteiger partial charge in [-0.1, -0.05) is 66.4 Å². The van der Waals surface area contributed by atoms with E-state index in [4.69, 9.17) is 4.42 Å². The van der Waals surface area contributed by atoms with Crippen molar-refractivity contribution in [3.8, 4) is 11.5 Å². The number of carbonyl (C=O) groups excluding carboxylic acids is 2. The van der Waals surface area contributed by atoms with E-state index in [0.717, 1.165) is 40.7 Å². The quantitative estimate of drug-likeness (QED) is 0.265. The van der Waals surface area contributed by atoms with Crippen LogP contribution < -0.4 is 10.2 Å². The summed E-state index contributed by atoms with van der Waals surface area (Å²) < 4.78 is 5.84. The summed E-state index contributed by atoms with van der Waals surface area (Å²) in [5.41, 5.74) is 3.37. The molecule has 4 aromatic carbocycles. The minimum atomic E-state index is -0.157. The molecule has 0 radical (unpaired) electrons. The van der Waals surface area contributed by atoms with E-state index >= 15 is 0 Å². The van der Waals surface area contributed by atoms with E-state index in [0.29, 0.717) is 29.9 Å². The van der Waals surface area contributed by atoms with Gasteiger partial charge in [-0.15, -0.1) is 10.2 Å². The number of nitrogens with one attached hydrogen (secondary N) is 1. The molecule has 0 saturated carbocycles. The molecule has 1 aromatic heterocycles. The molecular formula is C31H27N5O3S. The van der Waals surface area contributed by atoms with Crippen molar-refractivity contribution in [1.82, 2.24) is 15.1 Å². The zero-order valence-electron chi connectivity index (χ0n) is 21.7. The first-order valence-corrected chi connectivity index (χ1v) is 14.1. The van der Waals surface area contributed by atoms with Gasteiger partial charge < -0.3 is 19.5 Å². The SMILES string of the molecule is O=C(CSc1nnc(-c2cccc3ccccc23)o1)Nc1ccc(N2CCN(C(=O)c3ccccc3)CC2)cc1. The Hall–Kier alpha value is -4.63. The number of rotatable bonds is 7. The second kappa shape index (κ2) is 11.6. The highest BCUT2D eigenvalue weighted by Gasteiger charge is 2.22. The molecule has 5 aromatic rings. The Bertz CT molecular complexity index is 1620. The highest BCUT2D eigenvalue weighted by atomic mass is 32.2. The zero-order chi connectivity index (χ0) is 27.3. The van der Waals surface area contributed by atoms with Gasteiger partial charge in [-0.2, -0.15) is 0 Å². The Labute approximate surface area is 236 Å². The zero-order valence-corrected chi connectivity index (χ0v) is 22.5. The van der Waals surface area contributed by atoms with Crippen LogP contribution in [0.4, 0.5) is 11.4 Å². The largest absolute Gasteiger partial charge is 0.411 e. The lowest BCUT2D eigenvalue weighted by Crippen LogP contribution is -2.48. The van der Waals surface area contributed by atoms with Crippen LogP contribution in [0.2, 0.25) is 0 Å². The average Bonchev–Trinajstić information content (AvgIpc) is 3.49. The number of aromatic nitrogens is 2. The smallest absolute Gasteiger partial charge is 0.277 e. The van der Waals surface area contributed by atoms with Crippen molar-refractivity contribution in [2.45, 2.75) is 5.22 Å². The Balaban J connectivity index is 0.996. The number of hydrogen-bond donors (Lipinski definition) is 1. The third-order valence-corrected chi connectivity index (χ3v) is 7.68. The molecule has 0 spiro atoms. The van der Waals surface area contributed by atoms with Crippen LogP contribution in [0.15, 0.2) is 107 Å². The normalized spacial score (nSPS) is 13.4. The predicted octanol–water partition coefficient (Wildman–Crippen LogP) is 5.58. The first-order chi connectivity index (χ1) is 19.6. The van der Waals surface area contributed by atoms with Crippen LogP contribution in [0, 0.1) is 0 Å². The molecule has 0 bridgehead atoms. The summed E-state index contributed by atoms with van der Waals surface area (Å²) in [6.45, 7) is 2.85. The first-order valence-electron chi connectivity index (χ1n) is 13.1. The Morgan fingerprint density at radius 3 is 2.33 bits per heavy atom. The minimum Gasteiger partial charge on any atom is -0.411 e. The molecule has 200 valence electrons. The van der Waals surface area contributed by atoms with Crippen molar-refractivity contribution in [2.75, 3.05) is 42.1 Å². The maximum absolute atomic E-state index is 12.7. The number of thioether (sulfide) groups is 1. The molecule has 2 heterocycles. The molecule has 1 fully saturated rings. The molecule has 40 heavy (non-hydrogen) atoms. The summed E-state index contributed by atoms with van der Waals surface area (Å²) in [6.07, 6.45) is 0. The predicted molar refractivity (Wildman–Crippen MR) is 158 cm³/mol. The summed E-state index contributed by atoms with van der Waals surface area (Å²) >= 11 is 1.20. The highest BCUT2D eigenvalue weighted by molar-refractivity contribution is 7.99. The lowest BCUT2D eigenvalue weighted by atomic mass is 10.0. The first kappa shape index (κ1) is 25.6. The molecule has 1 aliphatic rings. The van der Waals surface area contributed by atoms with Crippen LogP contribution in [-0.2, 0) is 4.79 Å². The minimum absolute atomic E-state index is 0.0708. The van der Waals surface area contributed by atoms with Crippen molar-refractivity contribution in [3.05, 3.63) is 103 Å². The van der Waals surface area contributed by atoms with Gasteiger partial charge in [0.05, 0.1) is 5.75 Å². The van der Waals surface area contributed by atoms with Gasteiger partial charge in [0.25, 0.3) is 11.1 Å². The molecule has 1 aliphatic heterocycles. The molecule has 0 atom stereocenters. The Kier molecular flexibility index (Phi) is 7.45. The number of benzene rings is 4. The molecule has 1 N–H and O–H groups in total. The van der Waals surface area contributed by atoms with Crippen molar-refractivity contribution in [2.24, 2.45) is 0 Å². The van der Waals surface area contributed by atoms with Gasteiger partial charge in [-0.3, -0.25) is 9.59 Å². The summed E-state index contributed by atoms with van der Waals surface area (Å²) in [5.74, 6) is 0.494. The van der Waals surface area contributed by atoms with Gasteiger partial charge in [0.1, 0.15) is 0 Å². The van der Waals surface area contributed by atoms with Gasteiger partial charge >= 0.3 is 0 Å². The van der Waals surface area contributed by atoms with E-state index in [1.165, 1.54) is 11.8 Å². The van der Waals surface area contributed by atoms with Crippen LogP contribution >= 0.6 is 11.8 Å². The maximum Gasteiger partial charge on any atom is 0.277 e. The fourth-order valence-corrected chi connectivity index (χ4v) is 5.36.